The molecule has 12 aromatic rings. The summed E-state index contributed by atoms with van der Waals surface area (Å²) in [6, 6.07) is 77.6. The van der Waals surface area contributed by atoms with E-state index in [9.17, 15) is 20.1 Å². The Balaban J connectivity index is 0.910. The van der Waals surface area contributed by atoms with Crippen molar-refractivity contribution in [3.63, 3.8) is 0 Å². The molecule has 0 aliphatic heterocycles. The van der Waals surface area contributed by atoms with Gasteiger partial charge in [0, 0.05) is 66.7 Å². The van der Waals surface area contributed by atoms with Crippen LogP contribution in [0, 0.1) is 63.5 Å². The summed E-state index contributed by atoms with van der Waals surface area (Å²) in [6.07, 6.45) is 3.69. The van der Waals surface area contributed by atoms with Crippen LogP contribution in [0.2, 0.25) is 0 Å². The molecule has 6 nitrogen and oxygen atoms in total. The normalized spacial score (nSPS) is 15.1. The van der Waals surface area contributed by atoms with E-state index in [1.165, 1.54) is 93.0 Å². The van der Waals surface area contributed by atoms with Crippen molar-refractivity contribution in [1.29, 1.82) is 10.5 Å². The SMILES string of the molecule is [C-]#[N+]C([N+]#[C-])=C1C(=Cc2ccc(-c3cc4c(s3)-c3cc5c(cc3C4(c3ccc(C)cc3)c3ccc(C)cc3)-c3sc4cc(-c6ccc(C=C7C(=O)c8ccccc8C7=C(C#N)C#N)s6)ccc4c3C5(c3ccc(C)cc3)c3ccc(C)cc3)s2)C(=O)c2ccccc21. The molecule has 4 aliphatic carbocycles. The summed E-state index contributed by atoms with van der Waals surface area (Å²) in [4.78, 5) is 42.6. The number of carbonyl (C=O) groups is 2. The van der Waals surface area contributed by atoms with Crippen molar-refractivity contribution in [2.75, 3.05) is 0 Å². The first-order valence-electron chi connectivity index (χ1n) is 30.0. The lowest BCUT2D eigenvalue weighted by atomic mass is 9.65. The zero-order valence-electron chi connectivity index (χ0n) is 50.0. The van der Waals surface area contributed by atoms with E-state index in [0.717, 1.165) is 34.6 Å². The van der Waals surface area contributed by atoms with Crippen molar-refractivity contribution < 1.29 is 9.59 Å². The van der Waals surface area contributed by atoms with Gasteiger partial charge in [0.25, 0.3) is 0 Å². The predicted octanol–water partition coefficient (Wildman–Crippen LogP) is 21.2. The molecule has 0 amide bonds. The Morgan fingerprint density at radius 3 is 1.41 bits per heavy atom. The van der Waals surface area contributed by atoms with Gasteiger partial charge in [-0.05, 0) is 166 Å². The lowest BCUT2D eigenvalue weighted by Gasteiger charge is -2.36. The van der Waals surface area contributed by atoms with Gasteiger partial charge in [-0.25, -0.2) is 0 Å². The number of nitrogens with zero attached hydrogens (tertiary/aromatic N) is 4. The van der Waals surface area contributed by atoms with Crippen LogP contribution in [-0.4, -0.2) is 11.6 Å². The molecule has 0 bridgehead atoms. The lowest BCUT2D eigenvalue weighted by molar-refractivity contribution is 0.103. The second-order valence-corrected chi connectivity index (χ2v) is 28.3. The Bertz CT molecular complexity index is 5450. The lowest BCUT2D eigenvalue weighted by Crippen LogP contribution is -2.30. The van der Waals surface area contributed by atoms with Crippen LogP contribution in [0.1, 0.15) is 108 Å². The molecule has 4 aliphatic rings. The first-order chi connectivity index (χ1) is 44.8. The standard InChI is InChI=1S/C82H48N4O2S4/c1-45-15-24-51(25-16-45)81(52-26-17-46(2)18-27-52)66-41-63-67(40-62(66)78-68(81)42-72(92-78)70-36-33-56(90-70)39-65-74(80(85-5)86-6)58-12-8-10-14-60(58)77(65)88)82(53-28-19-47(3)20-29-53,54-30-21-48(4)22-31-54)75-61-34-23-49(37-71(61)91-79(63)75)69-35-32-55(89-69)38-64-73(50(43-83)44-84)57-11-7-9-13-59(57)76(64)87/h7-42H,1-4H3. The predicted molar refractivity (Wildman–Crippen MR) is 376 cm³/mol. The largest absolute Gasteiger partial charge is 0.528 e. The van der Waals surface area contributed by atoms with Crippen molar-refractivity contribution in [3.05, 3.63) is 350 Å². The number of rotatable bonds is 8. The van der Waals surface area contributed by atoms with Crippen LogP contribution in [0.3, 0.4) is 0 Å². The summed E-state index contributed by atoms with van der Waals surface area (Å²) in [5, 5.41) is 21.3. The van der Waals surface area contributed by atoms with Gasteiger partial charge < -0.3 is 0 Å². The van der Waals surface area contributed by atoms with Gasteiger partial charge in [-0.2, -0.15) is 20.2 Å². The Hall–Kier alpha value is -10.9. The maximum absolute atomic E-state index is 14.1. The molecular formula is C82H48N4O2S4. The molecule has 0 saturated heterocycles. The molecule has 16 rings (SSSR count). The number of nitriles is 2. The van der Waals surface area contributed by atoms with E-state index in [1.807, 2.05) is 72.0 Å². The van der Waals surface area contributed by atoms with Crippen LogP contribution in [-0.2, 0) is 10.8 Å². The summed E-state index contributed by atoms with van der Waals surface area (Å²) >= 11 is 6.82. The molecular weight excluding hydrogens is 1200 g/mol. The summed E-state index contributed by atoms with van der Waals surface area (Å²) < 4.78 is 1.15. The number of benzene rings is 8. The summed E-state index contributed by atoms with van der Waals surface area (Å²) in [7, 11) is 0. The highest BCUT2D eigenvalue weighted by Gasteiger charge is 2.54. The van der Waals surface area contributed by atoms with Crippen molar-refractivity contribution in [1.82, 2.24) is 0 Å². The smallest absolute Gasteiger partial charge is 0.289 e. The number of fused-ring (bicyclic) bond motifs is 10. The van der Waals surface area contributed by atoms with E-state index in [-0.39, 0.29) is 23.0 Å². The van der Waals surface area contributed by atoms with Crippen LogP contribution < -0.4 is 0 Å². The second kappa shape index (κ2) is 21.4. The molecule has 4 aromatic heterocycles. The number of allylic oxidation sites excluding steroid dienone is 5. The van der Waals surface area contributed by atoms with Crippen molar-refractivity contribution >= 4 is 90.3 Å². The van der Waals surface area contributed by atoms with Gasteiger partial charge in [0.05, 0.1) is 16.4 Å². The minimum absolute atomic E-state index is 0.0849. The number of aryl methyl sites for hydroxylation is 4. The maximum Gasteiger partial charge on any atom is 0.528 e. The van der Waals surface area contributed by atoms with Crippen LogP contribution in [0.4, 0.5) is 0 Å². The molecule has 0 saturated carbocycles. The van der Waals surface area contributed by atoms with Crippen LogP contribution in [0.15, 0.2) is 229 Å². The van der Waals surface area contributed by atoms with Gasteiger partial charge in [-0.3, -0.25) is 9.59 Å². The molecule has 0 radical (unpaired) electrons. The van der Waals surface area contributed by atoms with Crippen LogP contribution in [0.25, 0.3) is 84.2 Å². The molecule has 8 aromatic carbocycles. The molecule has 4 heterocycles. The van der Waals surface area contributed by atoms with E-state index in [2.05, 4.69) is 183 Å². The minimum Gasteiger partial charge on any atom is -0.289 e. The molecule has 0 unspecified atom stereocenters. The van der Waals surface area contributed by atoms with Gasteiger partial charge in [-0.15, -0.1) is 45.3 Å². The van der Waals surface area contributed by atoms with Crippen molar-refractivity contribution in [3.8, 4) is 53.2 Å². The maximum atomic E-state index is 14.1. The zero-order chi connectivity index (χ0) is 62.9. The number of Topliss-reactive ketones (excluding diaryl/α,β-unsaturated/α-hetero) is 2. The third-order valence-electron chi connectivity index (χ3n) is 18.8. The molecule has 0 N–H and O–H groups in total. The molecule has 432 valence electrons. The summed E-state index contributed by atoms with van der Waals surface area (Å²) in [6.45, 7) is 24.4. The minimum atomic E-state index is -0.758. The van der Waals surface area contributed by atoms with Gasteiger partial charge >= 0.3 is 5.82 Å². The van der Waals surface area contributed by atoms with Crippen molar-refractivity contribution in [2.45, 2.75) is 38.5 Å². The van der Waals surface area contributed by atoms with E-state index in [0.29, 0.717) is 44.5 Å². The van der Waals surface area contributed by atoms with Gasteiger partial charge in [0.2, 0.25) is 0 Å². The van der Waals surface area contributed by atoms with Gasteiger partial charge in [0.15, 0.2) is 11.6 Å². The summed E-state index contributed by atoms with van der Waals surface area (Å²) in [5.41, 5.74) is 19.8. The molecule has 92 heavy (non-hydrogen) atoms. The van der Waals surface area contributed by atoms with Gasteiger partial charge in [0.1, 0.15) is 30.9 Å². The highest BCUT2D eigenvalue weighted by atomic mass is 32.1. The third kappa shape index (κ3) is 8.23. The first-order valence-corrected chi connectivity index (χ1v) is 33.3. The molecule has 10 heteroatoms. The fraction of sp³-hybridized carbons (Fsp3) is 0.0732. The number of ketones is 2. The average Bonchev–Trinajstić information content (AvgIpc) is 1.48. The molecule has 0 spiro atoms. The first kappa shape index (κ1) is 56.3. The van der Waals surface area contributed by atoms with Crippen LogP contribution >= 0.6 is 45.3 Å². The van der Waals surface area contributed by atoms with Crippen LogP contribution in [0.5, 0.6) is 0 Å². The Labute approximate surface area is 548 Å². The van der Waals surface area contributed by atoms with E-state index >= 15 is 0 Å². The second-order valence-electron chi connectivity index (χ2n) is 23.9. The number of hydrogen-bond acceptors (Lipinski definition) is 8. The average molecular weight is 1250 g/mol. The molecule has 0 fully saturated rings. The Kier molecular flexibility index (Phi) is 13.1. The van der Waals surface area contributed by atoms with Crippen molar-refractivity contribution in [2.24, 2.45) is 0 Å². The number of thiophene rings is 4. The number of carbonyl (C=O) groups excluding carboxylic acids is 2. The quantitative estimate of drug-likeness (QED) is 0.0861. The zero-order valence-corrected chi connectivity index (χ0v) is 53.3. The van der Waals surface area contributed by atoms with E-state index in [1.54, 1.807) is 58.3 Å². The highest BCUT2D eigenvalue weighted by Crippen LogP contribution is 2.67. The van der Waals surface area contributed by atoms with E-state index in [4.69, 9.17) is 13.1 Å². The fourth-order valence-electron chi connectivity index (χ4n) is 14.5. The van der Waals surface area contributed by atoms with E-state index < -0.39 is 10.8 Å². The Morgan fingerprint density at radius 2 is 0.891 bits per heavy atom. The highest BCUT2D eigenvalue weighted by molar-refractivity contribution is 7.24. The Morgan fingerprint density at radius 1 is 0.435 bits per heavy atom. The topological polar surface area (TPSA) is 90.4 Å². The van der Waals surface area contributed by atoms with Gasteiger partial charge in [-0.1, -0.05) is 180 Å². The third-order valence-corrected chi connectivity index (χ3v) is 23.4. The number of hydrogen-bond donors (Lipinski definition) is 0. The molecule has 0 atom stereocenters. The monoisotopic (exact) mass is 1250 g/mol. The summed E-state index contributed by atoms with van der Waals surface area (Å²) in [5.74, 6) is -0.505. The fourth-order valence-corrected chi connectivity index (χ4v) is 19.1.